The molecule has 0 aromatic carbocycles. The molecular weight excluding hydrogens is 280 g/mol. The van der Waals surface area contributed by atoms with Gasteiger partial charge < -0.3 is 10.0 Å². The summed E-state index contributed by atoms with van der Waals surface area (Å²) in [7, 11) is 0. The van der Waals surface area contributed by atoms with E-state index in [1.165, 1.54) is 6.07 Å². The summed E-state index contributed by atoms with van der Waals surface area (Å²) < 4.78 is 0. The molecule has 108 valence electrons. The van der Waals surface area contributed by atoms with Crippen molar-refractivity contribution in [1.82, 2.24) is 9.88 Å². The van der Waals surface area contributed by atoms with E-state index < -0.39 is 11.9 Å². The van der Waals surface area contributed by atoms with Crippen LogP contribution in [0.4, 0.5) is 0 Å². The number of hydrogen-bond acceptors (Lipinski definition) is 3. The molecule has 0 saturated carbocycles. The number of carbonyl (C=O) groups is 2. The number of hydrogen-bond donors (Lipinski definition) is 1. The lowest BCUT2D eigenvalue weighted by Crippen LogP contribution is -2.42. The lowest BCUT2D eigenvalue weighted by molar-refractivity contribution is -0.143. The molecule has 1 unspecified atom stereocenters. The van der Waals surface area contributed by atoms with Gasteiger partial charge in [-0.3, -0.25) is 9.59 Å². The molecule has 1 N–H and O–H groups in total. The van der Waals surface area contributed by atoms with Gasteiger partial charge in [-0.05, 0) is 31.4 Å². The summed E-state index contributed by atoms with van der Waals surface area (Å²) in [6.45, 7) is 2.79. The number of aryl methyl sites for hydroxylation is 1. The summed E-state index contributed by atoms with van der Waals surface area (Å²) >= 11 is 5.91. The number of piperidine rings is 1. The Morgan fingerprint density at radius 3 is 2.90 bits per heavy atom. The van der Waals surface area contributed by atoms with Gasteiger partial charge in [-0.1, -0.05) is 18.5 Å². The maximum Gasteiger partial charge on any atom is 0.308 e. The fourth-order valence-corrected chi connectivity index (χ4v) is 2.63. The molecule has 1 aromatic heterocycles. The van der Waals surface area contributed by atoms with Crippen LogP contribution in [-0.4, -0.2) is 40.0 Å². The second kappa shape index (κ2) is 6.22. The third-order valence-electron chi connectivity index (χ3n) is 3.51. The Bertz CT molecular complexity index is 533. The first-order valence-corrected chi connectivity index (χ1v) is 7.07. The molecule has 5 nitrogen and oxygen atoms in total. The van der Waals surface area contributed by atoms with E-state index in [0.717, 1.165) is 5.69 Å². The Morgan fingerprint density at radius 2 is 2.25 bits per heavy atom. The number of aliphatic carboxylic acids is 1. The summed E-state index contributed by atoms with van der Waals surface area (Å²) in [5.74, 6) is -1.49. The number of pyridine rings is 1. The first kappa shape index (κ1) is 14.8. The van der Waals surface area contributed by atoms with Crippen LogP contribution in [0.15, 0.2) is 12.1 Å². The van der Waals surface area contributed by atoms with Crippen LogP contribution in [0.3, 0.4) is 0 Å². The average molecular weight is 297 g/mol. The average Bonchev–Trinajstić information content (AvgIpc) is 2.45. The van der Waals surface area contributed by atoms with Crippen molar-refractivity contribution in [1.29, 1.82) is 0 Å². The highest BCUT2D eigenvalue weighted by molar-refractivity contribution is 6.29. The second-order valence-electron chi connectivity index (χ2n) is 4.95. The summed E-state index contributed by atoms with van der Waals surface area (Å²) in [6, 6.07) is 3.26. The zero-order valence-electron chi connectivity index (χ0n) is 11.3. The molecule has 2 rings (SSSR count). The Hall–Kier alpha value is -1.62. The van der Waals surface area contributed by atoms with Crippen LogP contribution in [0.5, 0.6) is 0 Å². The maximum absolute atomic E-state index is 12.4. The summed E-state index contributed by atoms with van der Waals surface area (Å²) in [5, 5.41) is 9.36. The van der Waals surface area contributed by atoms with Gasteiger partial charge in [-0.15, -0.1) is 0 Å². The molecule has 1 aromatic rings. The van der Waals surface area contributed by atoms with Crippen LogP contribution in [0.1, 0.15) is 35.8 Å². The quantitative estimate of drug-likeness (QED) is 0.868. The van der Waals surface area contributed by atoms with E-state index in [0.29, 0.717) is 36.5 Å². The number of rotatable bonds is 3. The van der Waals surface area contributed by atoms with Gasteiger partial charge in [0.1, 0.15) is 5.15 Å². The molecule has 0 spiro atoms. The highest BCUT2D eigenvalue weighted by atomic mass is 35.5. The topological polar surface area (TPSA) is 70.5 Å². The highest BCUT2D eigenvalue weighted by Gasteiger charge is 2.28. The standard InChI is InChI=1S/C14H17ClN2O3/c1-2-11-6-10(7-12(15)16-11)13(18)17-5-3-4-9(8-17)14(19)20/h6-7,9H,2-5,8H2,1H3,(H,19,20). The van der Waals surface area contributed by atoms with Crippen molar-refractivity contribution in [3.8, 4) is 0 Å². The number of carboxylic acids is 1. The predicted octanol–water partition coefficient (Wildman–Crippen LogP) is 2.23. The van der Waals surface area contributed by atoms with E-state index in [2.05, 4.69) is 4.98 Å². The van der Waals surface area contributed by atoms with Gasteiger partial charge in [0, 0.05) is 24.3 Å². The largest absolute Gasteiger partial charge is 0.481 e. The van der Waals surface area contributed by atoms with E-state index in [1.54, 1.807) is 11.0 Å². The van der Waals surface area contributed by atoms with E-state index in [9.17, 15) is 9.59 Å². The molecule has 1 saturated heterocycles. The van der Waals surface area contributed by atoms with E-state index in [4.69, 9.17) is 16.7 Å². The van der Waals surface area contributed by atoms with Gasteiger partial charge in [-0.2, -0.15) is 0 Å². The van der Waals surface area contributed by atoms with E-state index >= 15 is 0 Å². The number of amides is 1. The number of carboxylic acid groups (broad SMARTS) is 1. The van der Waals surface area contributed by atoms with Crippen molar-refractivity contribution in [3.05, 3.63) is 28.5 Å². The van der Waals surface area contributed by atoms with E-state index in [-0.39, 0.29) is 12.5 Å². The molecule has 1 amide bonds. The van der Waals surface area contributed by atoms with Crippen LogP contribution in [-0.2, 0) is 11.2 Å². The molecule has 0 bridgehead atoms. The van der Waals surface area contributed by atoms with E-state index in [1.807, 2.05) is 6.92 Å². The lowest BCUT2D eigenvalue weighted by Gasteiger charge is -2.30. The molecule has 6 heteroatoms. The molecule has 1 aliphatic rings. The minimum Gasteiger partial charge on any atom is -0.481 e. The molecule has 2 heterocycles. The molecule has 1 fully saturated rings. The Morgan fingerprint density at radius 1 is 1.50 bits per heavy atom. The second-order valence-corrected chi connectivity index (χ2v) is 5.34. The van der Waals surface area contributed by atoms with Gasteiger partial charge in [0.05, 0.1) is 5.92 Å². The molecular formula is C14H17ClN2O3. The number of likely N-dealkylation sites (tertiary alicyclic amines) is 1. The SMILES string of the molecule is CCc1cc(C(=O)N2CCCC(C(=O)O)C2)cc(Cl)n1. The minimum atomic E-state index is -0.843. The molecule has 0 radical (unpaired) electrons. The molecule has 0 aliphatic carbocycles. The predicted molar refractivity (Wildman–Crippen MR) is 74.9 cm³/mol. The van der Waals surface area contributed by atoms with Crippen molar-refractivity contribution in [2.75, 3.05) is 13.1 Å². The van der Waals surface area contributed by atoms with Crippen molar-refractivity contribution in [3.63, 3.8) is 0 Å². The van der Waals surface area contributed by atoms with Crippen LogP contribution < -0.4 is 0 Å². The van der Waals surface area contributed by atoms with Crippen LogP contribution in [0.2, 0.25) is 5.15 Å². The van der Waals surface area contributed by atoms with Gasteiger partial charge in [-0.25, -0.2) is 4.98 Å². The van der Waals surface area contributed by atoms with Gasteiger partial charge in [0.2, 0.25) is 0 Å². The highest BCUT2D eigenvalue weighted by Crippen LogP contribution is 2.20. The lowest BCUT2D eigenvalue weighted by atomic mass is 9.97. The summed E-state index contributed by atoms with van der Waals surface area (Å²) in [6.07, 6.45) is 2.02. The van der Waals surface area contributed by atoms with Gasteiger partial charge in [0.25, 0.3) is 5.91 Å². The number of aromatic nitrogens is 1. The third-order valence-corrected chi connectivity index (χ3v) is 3.71. The molecule has 1 aliphatic heterocycles. The van der Waals surface area contributed by atoms with Crippen molar-refractivity contribution in [2.45, 2.75) is 26.2 Å². The van der Waals surface area contributed by atoms with Crippen molar-refractivity contribution < 1.29 is 14.7 Å². The number of halogens is 1. The first-order chi connectivity index (χ1) is 9.51. The van der Waals surface area contributed by atoms with Crippen LogP contribution in [0, 0.1) is 5.92 Å². The Labute approximate surface area is 122 Å². The fourth-order valence-electron chi connectivity index (χ4n) is 2.40. The fraction of sp³-hybridized carbons (Fsp3) is 0.500. The summed E-state index contributed by atoms with van der Waals surface area (Å²) in [5.41, 5.74) is 1.24. The van der Waals surface area contributed by atoms with Crippen LogP contribution in [0.25, 0.3) is 0 Å². The van der Waals surface area contributed by atoms with Crippen LogP contribution >= 0.6 is 11.6 Å². The first-order valence-electron chi connectivity index (χ1n) is 6.69. The summed E-state index contributed by atoms with van der Waals surface area (Å²) in [4.78, 5) is 29.2. The zero-order valence-corrected chi connectivity index (χ0v) is 12.1. The maximum atomic E-state index is 12.4. The number of nitrogens with zero attached hydrogens (tertiary/aromatic N) is 2. The molecule has 20 heavy (non-hydrogen) atoms. The Kier molecular flexibility index (Phi) is 4.60. The minimum absolute atomic E-state index is 0.171. The third kappa shape index (κ3) is 3.28. The smallest absolute Gasteiger partial charge is 0.308 e. The Balaban J connectivity index is 2.18. The molecule has 1 atom stereocenters. The normalized spacial score (nSPS) is 18.9. The van der Waals surface area contributed by atoms with Gasteiger partial charge >= 0.3 is 5.97 Å². The zero-order chi connectivity index (χ0) is 14.7. The van der Waals surface area contributed by atoms with Crippen molar-refractivity contribution in [2.24, 2.45) is 5.92 Å². The van der Waals surface area contributed by atoms with Gasteiger partial charge in [0.15, 0.2) is 0 Å². The monoisotopic (exact) mass is 296 g/mol. The number of carbonyl (C=O) groups excluding carboxylic acids is 1. The van der Waals surface area contributed by atoms with Crippen molar-refractivity contribution >= 4 is 23.5 Å².